The van der Waals surface area contributed by atoms with E-state index in [9.17, 15) is 4.39 Å². The van der Waals surface area contributed by atoms with Crippen LogP contribution in [-0.4, -0.2) is 55.6 Å². The van der Waals surface area contributed by atoms with Crippen molar-refractivity contribution in [3.8, 4) is 0 Å². The van der Waals surface area contributed by atoms with E-state index in [-0.39, 0.29) is 11.9 Å². The van der Waals surface area contributed by atoms with Gasteiger partial charge in [-0.15, -0.1) is 0 Å². The Morgan fingerprint density at radius 3 is 2.76 bits per heavy atom. The van der Waals surface area contributed by atoms with Gasteiger partial charge in [-0.25, -0.2) is 14.4 Å². The monoisotopic (exact) mass is 398 g/mol. The Labute approximate surface area is 172 Å². The van der Waals surface area contributed by atoms with Gasteiger partial charge in [-0.3, -0.25) is 0 Å². The van der Waals surface area contributed by atoms with Gasteiger partial charge in [0, 0.05) is 38.4 Å². The van der Waals surface area contributed by atoms with E-state index in [0.717, 1.165) is 32.0 Å². The standard InChI is InChI=1S/C22H31FN6/c1-4-24-22(26-14-17-8-5-6-9-18(17)15-28(2)3)27-19-11-13-29(16-19)21-20(23)10-7-12-25-21/h5-10,12,19H,4,11,13-16H2,1-3H3,(H2,24,26,27). The second-order valence-corrected chi connectivity index (χ2v) is 7.59. The third-order valence-corrected chi connectivity index (χ3v) is 4.92. The maximum absolute atomic E-state index is 14.0. The molecule has 7 heteroatoms. The van der Waals surface area contributed by atoms with Crippen LogP contribution < -0.4 is 15.5 Å². The fraction of sp³-hybridized carbons (Fsp3) is 0.455. The lowest BCUT2D eigenvalue weighted by molar-refractivity contribution is 0.401. The lowest BCUT2D eigenvalue weighted by atomic mass is 10.1. The Hall–Kier alpha value is -2.67. The van der Waals surface area contributed by atoms with Gasteiger partial charge in [0.25, 0.3) is 0 Å². The summed E-state index contributed by atoms with van der Waals surface area (Å²) in [5, 5.41) is 6.83. The van der Waals surface area contributed by atoms with Gasteiger partial charge in [-0.2, -0.15) is 0 Å². The van der Waals surface area contributed by atoms with Crippen molar-refractivity contribution in [2.45, 2.75) is 32.5 Å². The molecule has 0 radical (unpaired) electrons. The third kappa shape index (κ3) is 5.90. The number of nitrogens with zero attached hydrogens (tertiary/aromatic N) is 4. The van der Waals surface area contributed by atoms with Crippen molar-refractivity contribution in [3.05, 3.63) is 59.5 Å². The van der Waals surface area contributed by atoms with Crippen molar-refractivity contribution in [2.75, 3.05) is 38.6 Å². The Kier molecular flexibility index (Phi) is 7.41. The molecule has 2 heterocycles. The van der Waals surface area contributed by atoms with Crippen molar-refractivity contribution >= 4 is 11.8 Å². The topological polar surface area (TPSA) is 55.8 Å². The summed E-state index contributed by atoms with van der Waals surface area (Å²) < 4.78 is 14.0. The van der Waals surface area contributed by atoms with Gasteiger partial charge in [0.05, 0.1) is 6.54 Å². The number of anilines is 1. The normalized spacial score (nSPS) is 17.1. The third-order valence-electron chi connectivity index (χ3n) is 4.92. The molecule has 1 atom stereocenters. The summed E-state index contributed by atoms with van der Waals surface area (Å²) in [7, 11) is 4.14. The number of guanidine groups is 1. The van der Waals surface area contributed by atoms with Crippen molar-refractivity contribution in [3.63, 3.8) is 0 Å². The number of aliphatic imine (C=N–C) groups is 1. The quantitative estimate of drug-likeness (QED) is 0.555. The van der Waals surface area contributed by atoms with Crippen LogP contribution in [0.1, 0.15) is 24.5 Å². The number of nitrogens with one attached hydrogen (secondary N) is 2. The molecule has 1 fully saturated rings. The minimum Gasteiger partial charge on any atom is -0.357 e. The molecule has 0 saturated carbocycles. The van der Waals surface area contributed by atoms with Gasteiger partial charge in [-0.1, -0.05) is 24.3 Å². The Bertz CT molecular complexity index is 822. The van der Waals surface area contributed by atoms with Gasteiger partial charge >= 0.3 is 0 Å². The molecule has 29 heavy (non-hydrogen) atoms. The van der Waals surface area contributed by atoms with Crippen LogP contribution in [0.15, 0.2) is 47.6 Å². The fourth-order valence-electron chi connectivity index (χ4n) is 3.56. The molecule has 1 unspecified atom stereocenters. The van der Waals surface area contributed by atoms with E-state index in [1.807, 2.05) is 4.90 Å². The first kappa shape index (κ1) is 21.0. The molecule has 1 aliphatic rings. The van der Waals surface area contributed by atoms with Crippen molar-refractivity contribution in [2.24, 2.45) is 4.99 Å². The van der Waals surface area contributed by atoms with Gasteiger partial charge in [0.2, 0.25) is 0 Å². The zero-order chi connectivity index (χ0) is 20.6. The maximum Gasteiger partial charge on any atom is 0.191 e. The smallest absolute Gasteiger partial charge is 0.191 e. The molecule has 0 amide bonds. The van der Waals surface area contributed by atoms with E-state index in [0.29, 0.717) is 18.9 Å². The number of aromatic nitrogens is 1. The molecule has 6 nitrogen and oxygen atoms in total. The van der Waals surface area contributed by atoms with Gasteiger partial charge in [0.15, 0.2) is 17.6 Å². The summed E-state index contributed by atoms with van der Waals surface area (Å²) in [5.74, 6) is 0.947. The second kappa shape index (κ2) is 10.2. The summed E-state index contributed by atoms with van der Waals surface area (Å²) in [6.07, 6.45) is 2.55. The lowest BCUT2D eigenvalue weighted by Gasteiger charge is -2.20. The van der Waals surface area contributed by atoms with Crippen molar-refractivity contribution < 1.29 is 4.39 Å². The zero-order valence-corrected chi connectivity index (χ0v) is 17.5. The summed E-state index contributed by atoms with van der Waals surface area (Å²) in [6.45, 7) is 5.83. The lowest BCUT2D eigenvalue weighted by Crippen LogP contribution is -2.44. The van der Waals surface area contributed by atoms with E-state index < -0.39 is 0 Å². The average molecular weight is 399 g/mol. The van der Waals surface area contributed by atoms with Crippen LogP contribution in [-0.2, 0) is 13.1 Å². The number of halogens is 1. The zero-order valence-electron chi connectivity index (χ0n) is 17.5. The number of pyridine rings is 1. The second-order valence-electron chi connectivity index (χ2n) is 7.59. The van der Waals surface area contributed by atoms with E-state index in [1.54, 1.807) is 12.3 Å². The molecule has 156 valence electrons. The van der Waals surface area contributed by atoms with Crippen LogP contribution >= 0.6 is 0 Å². The minimum atomic E-state index is -0.272. The van der Waals surface area contributed by atoms with Crippen LogP contribution in [0.2, 0.25) is 0 Å². The summed E-state index contributed by atoms with van der Waals surface area (Å²) in [4.78, 5) is 13.1. The number of rotatable bonds is 7. The average Bonchev–Trinajstić information content (AvgIpc) is 3.15. The van der Waals surface area contributed by atoms with Crippen molar-refractivity contribution in [1.29, 1.82) is 0 Å². The van der Waals surface area contributed by atoms with E-state index in [2.05, 4.69) is 65.8 Å². The van der Waals surface area contributed by atoms with E-state index in [1.165, 1.54) is 17.2 Å². The Morgan fingerprint density at radius 2 is 2.03 bits per heavy atom. The van der Waals surface area contributed by atoms with Gasteiger partial charge in [0.1, 0.15) is 0 Å². The van der Waals surface area contributed by atoms with Crippen LogP contribution in [0.25, 0.3) is 0 Å². The number of hydrogen-bond donors (Lipinski definition) is 2. The highest BCUT2D eigenvalue weighted by atomic mass is 19.1. The largest absolute Gasteiger partial charge is 0.357 e. The highest BCUT2D eigenvalue weighted by Gasteiger charge is 2.25. The number of hydrogen-bond acceptors (Lipinski definition) is 4. The summed E-state index contributed by atoms with van der Waals surface area (Å²) in [6, 6.07) is 11.7. The molecular weight excluding hydrogens is 367 g/mol. The molecule has 3 rings (SSSR count). The van der Waals surface area contributed by atoms with Crippen LogP contribution in [0.3, 0.4) is 0 Å². The van der Waals surface area contributed by atoms with E-state index in [4.69, 9.17) is 4.99 Å². The molecule has 1 saturated heterocycles. The molecule has 0 bridgehead atoms. The molecule has 1 aromatic carbocycles. The predicted octanol–water partition coefficient (Wildman–Crippen LogP) is 2.62. The maximum atomic E-state index is 14.0. The van der Waals surface area contributed by atoms with E-state index >= 15 is 0 Å². The molecule has 2 N–H and O–H groups in total. The summed E-state index contributed by atoms with van der Waals surface area (Å²) >= 11 is 0. The highest BCUT2D eigenvalue weighted by Crippen LogP contribution is 2.20. The molecule has 1 aromatic heterocycles. The highest BCUT2D eigenvalue weighted by molar-refractivity contribution is 5.80. The van der Waals surface area contributed by atoms with Crippen LogP contribution in [0.5, 0.6) is 0 Å². The van der Waals surface area contributed by atoms with Crippen molar-refractivity contribution in [1.82, 2.24) is 20.5 Å². The summed E-state index contributed by atoms with van der Waals surface area (Å²) in [5.41, 5.74) is 2.51. The molecular formula is C22H31FN6. The Morgan fingerprint density at radius 1 is 1.24 bits per heavy atom. The van der Waals surface area contributed by atoms with Gasteiger partial charge < -0.3 is 20.4 Å². The molecule has 0 spiro atoms. The van der Waals surface area contributed by atoms with Gasteiger partial charge in [-0.05, 0) is 50.7 Å². The SMILES string of the molecule is CCNC(=NCc1ccccc1CN(C)C)NC1CCN(c2ncccc2F)C1. The fourth-order valence-corrected chi connectivity index (χ4v) is 3.56. The Balaban J connectivity index is 1.64. The molecule has 1 aliphatic heterocycles. The van der Waals surface area contributed by atoms with Crippen LogP contribution in [0, 0.1) is 5.82 Å². The predicted molar refractivity (Wildman–Crippen MR) is 117 cm³/mol. The molecule has 0 aliphatic carbocycles. The first-order valence-corrected chi connectivity index (χ1v) is 10.2. The number of benzene rings is 1. The minimum absolute atomic E-state index is 0.200. The first-order valence-electron chi connectivity index (χ1n) is 10.2. The van der Waals surface area contributed by atoms with Crippen LogP contribution in [0.4, 0.5) is 10.2 Å². The first-order chi connectivity index (χ1) is 14.1. The molecule has 2 aromatic rings.